The van der Waals surface area contributed by atoms with Gasteiger partial charge in [-0.1, -0.05) is 39.7 Å². The highest BCUT2D eigenvalue weighted by atomic mass is 79.9. The largest absolute Gasteiger partial charge is 0.427 e. The molecule has 0 saturated heterocycles. The first-order valence-corrected chi connectivity index (χ1v) is 8.55. The fraction of sp³-hybridized carbons (Fsp3) is 0.0588. The molecule has 0 fully saturated rings. The zero-order valence-corrected chi connectivity index (χ0v) is 15.5. The Kier molecular flexibility index (Phi) is 5.34. The normalized spacial score (nSPS) is 10.5. The lowest BCUT2D eigenvalue weighted by atomic mass is 10.1. The molecule has 0 spiro atoms. The fourth-order valence-corrected chi connectivity index (χ4v) is 2.90. The summed E-state index contributed by atoms with van der Waals surface area (Å²) in [6.45, 7) is 0.195. The van der Waals surface area contributed by atoms with Crippen LogP contribution in [-0.2, 0) is 6.54 Å². The number of carbonyl (C=O) groups is 1. The van der Waals surface area contributed by atoms with Crippen molar-refractivity contribution < 1.29 is 14.2 Å². The molecule has 9 heteroatoms. The van der Waals surface area contributed by atoms with Crippen LogP contribution in [0.1, 0.15) is 15.9 Å². The molecule has 2 aromatic carbocycles. The van der Waals surface area contributed by atoms with Crippen molar-refractivity contribution in [1.82, 2.24) is 10.5 Å². The van der Waals surface area contributed by atoms with Crippen molar-refractivity contribution in [2.45, 2.75) is 6.54 Å². The van der Waals surface area contributed by atoms with Crippen LogP contribution in [-0.4, -0.2) is 16.0 Å². The summed E-state index contributed by atoms with van der Waals surface area (Å²) in [4.78, 5) is 23.1. The van der Waals surface area contributed by atoms with E-state index in [1.54, 1.807) is 24.3 Å². The van der Waals surface area contributed by atoms with Gasteiger partial charge >= 0.3 is 5.82 Å². The summed E-state index contributed by atoms with van der Waals surface area (Å²) in [5.74, 6) is -1.27. The van der Waals surface area contributed by atoms with Crippen LogP contribution in [0.5, 0.6) is 0 Å². The zero-order chi connectivity index (χ0) is 18.7. The first-order valence-electron chi connectivity index (χ1n) is 7.38. The highest BCUT2D eigenvalue weighted by Crippen LogP contribution is 2.31. The number of nitro groups is 1. The van der Waals surface area contributed by atoms with Crippen molar-refractivity contribution in [3.63, 3.8) is 0 Å². The number of benzene rings is 2. The number of hydrogen-bond donors (Lipinski definition) is 1. The van der Waals surface area contributed by atoms with Crippen LogP contribution >= 0.6 is 27.5 Å². The maximum Gasteiger partial charge on any atom is 0.427 e. The highest BCUT2D eigenvalue weighted by Gasteiger charge is 2.32. The van der Waals surface area contributed by atoms with E-state index in [1.807, 2.05) is 24.3 Å². The molecule has 3 aromatic rings. The summed E-state index contributed by atoms with van der Waals surface area (Å²) in [7, 11) is 0. The van der Waals surface area contributed by atoms with Gasteiger partial charge in [0.1, 0.15) is 0 Å². The van der Waals surface area contributed by atoms with Crippen LogP contribution in [0, 0.1) is 10.1 Å². The van der Waals surface area contributed by atoms with Crippen molar-refractivity contribution in [3.8, 4) is 11.3 Å². The van der Waals surface area contributed by atoms with E-state index in [-0.39, 0.29) is 17.9 Å². The van der Waals surface area contributed by atoms with E-state index in [0.29, 0.717) is 10.6 Å². The van der Waals surface area contributed by atoms with Gasteiger partial charge in [0.25, 0.3) is 5.91 Å². The Morgan fingerprint density at radius 1 is 1.27 bits per heavy atom. The third kappa shape index (κ3) is 3.92. The summed E-state index contributed by atoms with van der Waals surface area (Å²) < 4.78 is 5.94. The van der Waals surface area contributed by atoms with Gasteiger partial charge in [0.15, 0.2) is 10.7 Å². The van der Waals surface area contributed by atoms with Crippen molar-refractivity contribution >= 4 is 39.3 Å². The topological polar surface area (TPSA) is 98.3 Å². The third-order valence-corrected chi connectivity index (χ3v) is 4.27. The molecule has 7 nitrogen and oxygen atoms in total. The Bertz CT molecular complexity index is 972. The molecule has 1 N–H and O–H groups in total. The SMILES string of the molecule is O=C(NCc1cccc(Br)c1)c1c([N+](=O)[O-])noc1-c1ccc(Cl)cc1. The van der Waals surface area contributed by atoms with Crippen LogP contribution in [0.15, 0.2) is 57.5 Å². The number of carbonyl (C=O) groups excluding carboxylic acids is 1. The predicted molar refractivity (Wildman–Crippen MR) is 98.9 cm³/mol. The lowest BCUT2D eigenvalue weighted by molar-refractivity contribution is -0.391. The van der Waals surface area contributed by atoms with E-state index < -0.39 is 16.6 Å². The molecular weight excluding hydrogens is 426 g/mol. The van der Waals surface area contributed by atoms with Crippen LogP contribution < -0.4 is 5.32 Å². The van der Waals surface area contributed by atoms with Gasteiger partial charge in [-0.2, -0.15) is 0 Å². The summed E-state index contributed by atoms with van der Waals surface area (Å²) in [6, 6.07) is 13.7. The molecule has 0 aliphatic heterocycles. The fourth-order valence-electron chi connectivity index (χ4n) is 2.33. The van der Waals surface area contributed by atoms with Crippen molar-refractivity contribution in [1.29, 1.82) is 0 Å². The second kappa shape index (κ2) is 7.67. The molecule has 132 valence electrons. The van der Waals surface area contributed by atoms with Crippen LogP contribution in [0.3, 0.4) is 0 Å². The Hall–Kier alpha value is -2.71. The maximum atomic E-state index is 12.6. The Balaban J connectivity index is 1.91. The number of amides is 1. The standard InChI is InChI=1S/C17H11BrClN3O4/c18-12-3-1-2-10(8-12)9-20-17(23)14-15(26-21-16(14)22(24)25)11-4-6-13(19)7-5-11/h1-8H,9H2,(H,20,23). The minimum atomic E-state index is -0.753. The summed E-state index contributed by atoms with van der Waals surface area (Å²) >= 11 is 9.20. The molecule has 1 aromatic heterocycles. The lowest BCUT2D eigenvalue weighted by Gasteiger charge is -2.05. The van der Waals surface area contributed by atoms with Gasteiger partial charge in [-0.25, -0.2) is 0 Å². The molecule has 0 atom stereocenters. The van der Waals surface area contributed by atoms with Gasteiger partial charge in [0.2, 0.25) is 5.76 Å². The minimum Gasteiger partial charge on any atom is -0.358 e. The number of rotatable bonds is 5. The Morgan fingerprint density at radius 2 is 2.00 bits per heavy atom. The number of aromatic nitrogens is 1. The maximum absolute atomic E-state index is 12.6. The second-order valence-corrected chi connectivity index (χ2v) is 6.64. The molecule has 26 heavy (non-hydrogen) atoms. The summed E-state index contributed by atoms with van der Waals surface area (Å²) in [5.41, 5.74) is 1.06. The van der Waals surface area contributed by atoms with Gasteiger partial charge in [0, 0.05) is 21.6 Å². The van der Waals surface area contributed by atoms with E-state index in [4.69, 9.17) is 16.1 Å². The van der Waals surface area contributed by atoms with Gasteiger partial charge in [0.05, 0.1) is 0 Å². The monoisotopic (exact) mass is 435 g/mol. The first kappa shape index (κ1) is 18.1. The zero-order valence-electron chi connectivity index (χ0n) is 13.1. The number of hydrogen-bond acceptors (Lipinski definition) is 5. The van der Waals surface area contributed by atoms with Crippen LogP contribution in [0.25, 0.3) is 11.3 Å². The Labute approximate surface area is 161 Å². The smallest absolute Gasteiger partial charge is 0.358 e. The number of nitrogens with one attached hydrogen (secondary N) is 1. The average Bonchev–Trinajstić information content (AvgIpc) is 3.06. The van der Waals surface area contributed by atoms with E-state index in [2.05, 4.69) is 26.4 Å². The molecular formula is C17H11BrClN3O4. The van der Waals surface area contributed by atoms with Gasteiger partial charge < -0.3 is 15.4 Å². The molecule has 0 radical (unpaired) electrons. The molecule has 0 saturated carbocycles. The average molecular weight is 437 g/mol. The molecule has 0 unspecified atom stereocenters. The lowest BCUT2D eigenvalue weighted by Crippen LogP contribution is -2.23. The van der Waals surface area contributed by atoms with Gasteiger partial charge in [-0.3, -0.25) is 9.32 Å². The summed E-state index contributed by atoms with van der Waals surface area (Å²) in [6.07, 6.45) is 0. The quantitative estimate of drug-likeness (QED) is 0.466. The minimum absolute atomic E-state index is 0.0140. The molecule has 1 amide bonds. The van der Waals surface area contributed by atoms with Gasteiger partial charge in [-0.05, 0) is 46.9 Å². The van der Waals surface area contributed by atoms with Crippen molar-refractivity contribution in [2.24, 2.45) is 0 Å². The molecule has 0 aliphatic rings. The van der Waals surface area contributed by atoms with Crippen LogP contribution in [0.4, 0.5) is 5.82 Å². The van der Waals surface area contributed by atoms with Gasteiger partial charge in [-0.15, -0.1) is 0 Å². The van der Waals surface area contributed by atoms with E-state index >= 15 is 0 Å². The molecule has 0 aliphatic carbocycles. The van der Waals surface area contributed by atoms with Crippen molar-refractivity contribution in [2.75, 3.05) is 0 Å². The molecule has 3 rings (SSSR count). The van der Waals surface area contributed by atoms with E-state index in [1.165, 1.54) is 0 Å². The first-order chi connectivity index (χ1) is 12.5. The van der Waals surface area contributed by atoms with E-state index in [0.717, 1.165) is 10.0 Å². The van der Waals surface area contributed by atoms with Crippen LogP contribution in [0.2, 0.25) is 5.02 Å². The highest BCUT2D eigenvalue weighted by molar-refractivity contribution is 9.10. The Morgan fingerprint density at radius 3 is 2.65 bits per heavy atom. The number of halogens is 2. The second-order valence-electron chi connectivity index (χ2n) is 5.29. The molecule has 1 heterocycles. The van der Waals surface area contributed by atoms with Crippen molar-refractivity contribution in [3.05, 3.63) is 79.3 Å². The van der Waals surface area contributed by atoms with E-state index in [9.17, 15) is 14.9 Å². The number of nitrogens with zero attached hydrogens (tertiary/aromatic N) is 2. The summed E-state index contributed by atoms with van der Waals surface area (Å²) in [5, 5.41) is 17.8. The predicted octanol–water partition coefficient (Wildman–Crippen LogP) is 4.60. The third-order valence-electron chi connectivity index (χ3n) is 3.52. The molecule has 0 bridgehead atoms.